The Morgan fingerprint density at radius 3 is 2.88 bits per heavy atom. The molecule has 0 fully saturated rings. The Labute approximate surface area is 167 Å². The van der Waals surface area contributed by atoms with Crippen LogP contribution in [0.4, 0.5) is 0 Å². The Hall–Kier alpha value is -1.91. The van der Waals surface area contributed by atoms with E-state index >= 15 is 0 Å². The van der Waals surface area contributed by atoms with Crippen molar-refractivity contribution in [2.24, 2.45) is 0 Å². The van der Waals surface area contributed by atoms with E-state index in [2.05, 4.69) is 13.0 Å². The standard InChI is InChI=1S/C21H22NO3.V.H2/c1-3-25-19-11-17-14(10-13(19)2)8-9-22-20(17)18(12-23)15-6-4-5-7-16(15)21(22)24;;/h4-7,11-12,18,20H,3,8-10H2,1-2H3;;1H/q-1;;/t18-,20-;;/m0../s1. The zero-order valence-corrected chi connectivity index (χ0v) is 16.5. The van der Waals surface area contributed by atoms with Gasteiger partial charge in [0.05, 0.1) is 18.6 Å². The van der Waals surface area contributed by atoms with Gasteiger partial charge in [-0.15, -0.1) is 12.5 Å². The summed E-state index contributed by atoms with van der Waals surface area (Å²) >= 11 is 0. The molecule has 0 saturated carbocycles. The first-order valence-electron chi connectivity index (χ1n) is 8.90. The number of benzene rings is 1. The first-order chi connectivity index (χ1) is 12.2. The van der Waals surface area contributed by atoms with E-state index in [1.54, 1.807) is 0 Å². The minimum absolute atomic E-state index is 0. The van der Waals surface area contributed by atoms with Crippen molar-refractivity contribution in [1.82, 2.24) is 4.90 Å². The summed E-state index contributed by atoms with van der Waals surface area (Å²) in [4.78, 5) is 26.9. The van der Waals surface area contributed by atoms with Crippen LogP contribution in [0.2, 0.25) is 0 Å². The maximum atomic E-state index is 13.0. The Kier molecular flexibility index (Phi) is 5.35. The van der Waals surface area contributed by atoms with Crippen molar-refractivity contribution in [3.8, 4) is 0 Å². The van der Waals surface area contributed by atoms with Crippen LogP contribution in [0.1, 0.15) is 50.0 Å². The Balaban J connectivity index is 0.00000131. The van der Waals surface area contributed by atoms with Gasteiger partial charge in [-0.2, -0.15) is 12.0 Å². The monoisotopic (exact) mass is 389 g/mol. The van der Waals surface area contributed by atoms with Crippen LogP contribution in [0.3, 0.4) is 0 Å². The molecule has 4 nitrogen and oxygen atoms in total. The fourth-order valence-corrected chi connectivity index (χ4v) is 4.36. The second kappa shape index (κ2) is 7.38. The zero-order chi connectivity index (χ0) is 17.6. The molecule has 1 radical (unpaired) electrons. The van der Waals surface area contributed by atoms with Crippen LogP contribution in [0.25, 0.3) is 0 Å². The van der Waals surface area contributed by atoms with E-state index in [1.807, 2.05) is 36.1 Å². The van der Waals surface area contributed by atoms with Crippen molar-refractivity contribution in [2.75, 3.05) is 13.2 Å². The van der Waals surface area contributed by atoms with Gasteiger partial charge in [0, 0.05) is 32.1 Å². The van der Waals surface area contributed by atoms with Crippen molar-refractivity contribution in [2.45, 2.75) is 38.6 Å². The number of nitrogens with zero attached hydrogens (tertiary/aromatic N) is 1. The van der Waals surface area contributed by atoms with E-state index in [4.69, 9.17) is 4.74 Å². The molecule has 0 saturated heterocycles. The van der Waals surface area contributed by atoms with E-state index < -0.39 is 0 Å². The van der Waals surface area contributed by atoms with Gasteiger partial charge in [-0.25, -0.2) is 0 Å². The molecule has 0 N–H and O–H groups in total. The third kappa shape index (κ3) is 2.82. The molecule has 1 amide bonds. The van der Waals surface area contributed by atoms with Gasteiger partial charge >= 0.3 is 0 Å². The summed E-state index contributed by atoms with van der Waals surface area (Å²) in [5.74, 6) is 1.82. The van der Waals surface area contributed by atoms with Crippen LogP contribution >= 0.6 is 0 Å². The maximum Gasteiger partial charge on any atom is 0.254 e. The second-order valence-electron chi connectivity index (χ2n) is 6.90. The summed E-state index contributed by atoms with van der Waals surface area (Å²) < 4.78 is 5.79. The summed E-state index contributed by atoms with van der Waals surface area (Å²) in [7, 11) is 0. The molecule has 4 rings (SSSR count). The molecule has 3 aliphatic rings. The van der Waals surface area contributed by atoms with E-state index in [-0.39, 0.29) is 37.8 Å². The molecule has 2 aliphatic heterocycles. The first kappa shape index (κ1) is 18.9. The number of carbonyl (C=O) groups is 2. The van der Waals surface area contributed by atoms with Gasteiger partial charge in [-0.3, -0.25) is 4.79 Å². The van der Waals surface area contributed by atoms with Gasteiger partial charge in [0.1, 0.15) is 6.29 Å². The molecule has 26 heavy (non-hydrogen) atoms. The number of amides is 1. The number of hydrogen-bond acceptors (Lipinski definition) is 3. The number of allylic oxidation sites excluding steroid dienone is 1. The third-order valence-corrected chi connectivity index (χ3v) is 5.50. The summed E-state index contributed by atoms with van der Waals surface area (Å²) in [6, 6.07) is 7.28. The van der Waals surface area contributed by atoms with Crippen molar-refractivity contribution in [3.63, 3.8) is 0 Å². The zero-order valence-electron chi connectivity index (χ0n) is 15.1. The Morgan fingerprint density at radius 1 is 1.38 bits per heavy atom. The molecule has 2 heterocycles. The molecular weight excluding hydrogens is 365 g/mol. The minimum Gasteiger partial charge on any atom is -0.531 e. The number of rotatable bonds is 3. The second-order valence-corrected chi connectivity index (χ2v) is 6.90. The van der Waals surface area contributed by atoms with E-state index in [0.29, 0.717) is 18.7 Å². The van der Waals surface area contributed by atoms with E-state index in [9.17, 15) is 9.59 Å². The minimum atomic E-state index is -0.322. The summed E-state index contributed by atoms with van der Waals surface area (Å²) in [6.45, 7) is 5.35. The molecule has 0 bridgehead atoms. The summed E-state index contributed by atoms with van der Waals surface area (Å²) in [5, 5.41) is 0. The van der Waals surface area contributed by atoms with Crippen LogP contribution in [0.5, 0.6) is 0 Å². The SMILES string of the molecule is CCOC1=CC2=C(CCN3C(=O)c4ccccc4[C@H](C=O)[C@H]23)C[C-]1C.[HH].[V]. The van der Waals surface area contributed by atoms with Crippen LogP contribution in [-0.4, -0.2) is 36.3 Å². The van der Waals surface area contributed by atoms with Crippen molar-refractivity contribution in [3.05, 3.63) is 64.3 Å². The number of aldehydes is 1. The quantitative estimate of drug-likeness (QED) is 0.586. The maximum absolute atomic E-state index is 13.0. The van der Waals surface area contributed by atoms with Gasteiger partial charge in [-0.1, -0.05) is 30.2 Å². The number of hydrogen-bond donors (Lipinski definition) is 0. The van der Waals surface area contributed by atoms with Crippen LogP contribution in [-0.2, 0) is 28.1 Å². The van der Waals surface area contributed by atoms with E-state index in [0.717, 1.165) is 36.0 Å². The molecule has 0 unspecified atom stereocenters. The molecule has 5 heteroatoms. The molecule has 0 aromatic heterocycles. The molecular formula is C21H24NO3V-. The molecule has 0 spiro atoms. The number of fused-ring (bicyclic) bond motifs is 3. The molecule has 2 atom stereocenters. The van der Waals surface area contributed by atoms with Crippen LogP contribution in [0, 0.1) is 5.92 Å². The third-order valence-electron chi connectivity index (χ3n) is 5.50. The largest absolute Gasteiger partial charge is 0.531 e. The molecule has 1 aliphatic carbocycles. The van der Waals surface area contributed by atoms with Crippen molar-refractivity contribution >= 4 is 12.2 Å². The molecule has 1 aromatic rings. The Morgan fingerprint density at radius 2 is 2.15 bits per heavy atom. The number of ether oxygens (including phenoxy) is 1. The number of carbonyl (C=O) groups excluding carboxylic acids is 2. The Bertz CT molecular complexity index is 804. The van der Waals surface area contributed by atoms with Crippen LogP contribution < -0.4 is 0 Å². The summed E-state index contributed by atoms with van der Waals surface area (Å²) in [5.41, 5.74) is 3.93. The molecule has 137 valence electrons. The fourth-order valence-electron chi connectivity index (χ4n) is 4.36. The van der Waals surface area contributed by atoms with Crippen molar-refractivity contribution < 1.29 is 34.3 Å². The van der Waals surface area contributed by atoms with Crippen molar-refractivity contribution in [1.29, 1.82) is 0 Å². The molecule has 1 aromatic carbocycles. The smallest absolute Gasteiger partial charge is 0.254 e. The van der Waals surface area contributed by atoms with Crippen LogP contribution in [0.15, 0.2) is 47.2 Å². The van der Waals surface area contributed by atoms with E-state index in [1.165, 1.54) is 11.5 Å². The van der Waals surface area contributed by atoms with Gasteiger partial charge in [0.2, 0.25) is 0 Å². The topological polar surface area (TPSA) is 46.6 Å². The normalized spacial score (nSPS) is 24.1. The van der Waals surface area contributed by atoms with Gasteiger partial charge in [-0.05, 0) is 30.7 Å². The predicted octanol–water partition coefficient (Wildman–Crippen LogP) is 3.66. The summed E-state index contributed by atoms with van der Waals surface area (Å²) in [6.07, 6.45) is 4.79. The average Bonchev–Trinajstić information content (AvgIpc) is 2.63. The predicted molar refractivity (Wildman–Crippen MR) is 97.1 cm³/mol. The fraction of sp³-hybridized carbons (Fsp3) is 0.381. The van der Waals surface area contributed by atoms with Gasteiger partial charge < -0.3 is 14.4 Å². The van der Waals surface area contributed by atoms with Gasteiger partial charge in [0.15, 0.2) is 0 Å². The first-order valence-corrected chi connectivity index (χ1v) is 8.90. The van der Waals surface area contributed by atoms with Gasteiger partial charge in [0.25, 0.3) is 5.91 Å². The average molecular weight is 389 g/mol.